The Bertz CT molecular complexity index is 192. The summed E-state index contributed by atoms with van der Waals surface area (Å²) < 4.78 is 35.0. The van der Waals surface area contributed by atoms with Crippen LogP contribution in [-0.4, -0.2) is 30.7 Å². The molecule has 0 aromatic rings. The summed E-state index contributed by atoms with van der Waals surface area (Å²) in [4.78, 5) is 10.3. The van der Waals surface area contributed by atoms with Crippen LogP contribution in [0, 0.1) is 0 Å². The fourth-order valence-corrected chi connectivity index (χ4v) is 0.898. The average Bonchev–Trinajstić information content (AvgIpc) is 1.95. The van der Waals surface area contributed by atoms with E-state index in [-0.39, 0.29) is 12.1 Å². The SMILES string of the molecule is CC1NCC1NC(=O)C(F)(F)F. The summed E-state index contributed by atoms with van der Waals surface area (Å²) in [6.45, 7) is 2.12. The number of hydrogen-bond acceptors (Lipinski definition) is 2. The molecule has 1 rings (SSSR count). The summed E-state index contributed by atoms with van der Waals surface area (Å²) in [5.74, 6) is -1.86. The second-order valence-corrected chi connectivity index (χ2v) is 2.77. The van der Waals surface area contributed by atoms with Crippen LogP contribution in [0.3, 0.4) is 0 Å². The van der Waals surface area contributed by atoms with Crippen LogP contribution in [0.1, 0.15) is 6.92 Å². The first-order chi connectivity index (χ1) is 5.41. The highest BCUT2D eigenvalue weighted by atomic mass is 19.4. The number of rotatable bonds is 1. The van der Waals surface area contributed by atoms with Gasteiger partial charge in [0.1, 0.15) is 0 Å². The van der Waals surface area contributed by atoms with E-state index in [4.69, 9.17) is 0 Å². The lowest BCUT2D eigenvalue weighted by Crippen LogP contribution is -2.64. The molecular formula is C6H9F3N2O. The molecule has 0 saturated carbocycles. The van der Waals surface area contributed by atoms with Crippen molar-refractivity contribution < 1.29 is 18.0 Å². The van der Waals surface area contributed by atoms with Gasteiger partial charge in [0, 0.05) is 12.6 Å². The third kappa shape index (κ3) is 1.88. The number of alkyl halides is 3. The molecule has 2 N–H and O–H groups in total. The highest BCUT2D eigenvalue weighted by Crippen LogP contribution is 2.15. The van der Waals surface area contributed by atoms with Gasteiger partial charge in [0.2, 0.25) is 0 Å². The van der Waals surface area contributed by atoms with Crippen LogP contribution in [0.4, 0.5) is 13.2 Å². The first-order valence-corrected chi connectivity index (χ1v) is 3.52. The maximum Gasteiger partial charge on any atom is 0.471 e. The smallest absolute Gasteiger partial charge is 0.343 e. The zero-order chi connectivity index (χ0) is 9.35. The van der Waals surface area contributed by atoms with Crippen LogP contribution in [-0.2, 0) is 4.79 Å². The van der Waals surface area contributed by atoms with E-state index in [1.807, 2.05) is 5.32 Å². The third-order valence-corrected chi connectivity index (χ3v) is 1.84. The van der Waals surface area contributed by atoms with Crippen molar-refractivity contribution in [2.75, 3.05) is 6.54 Å². The van der Waals surface area contributed by atoms with E-state index < -0.39 is 12.1 Å². The molecule has 0 bridgehead atoms. The minimum absolute atomic E-state index is 0.0729. The molecule has 1 aliphatic rings. The molecule has 1 amide bonds. The average molecular weight is 182 g/mol. The fourth-order valence-electron chi connectivity index (χ4n) is 0.898. The molecule has 0 aromatic heterocycles. The first kappa shape index (κ1) is 9.31. The summed E-state index contributed by atoms with van der Waals surface area (Å²) in [6, 6.07) is -0.463. The minimum Gasteiger partial charge on any atom is -0.343 e. The summed E-state index contributed by atoms with van der Waals surface area (Å²) in [7, 11) is 0. The third-order valence-electron chi connectivity index (χ3n) is 1.84. The number of carbonyl (C=O) groups is 1. The fraction of sp³-hybridized carbons (Fsp3) is 0.833. The second kappa shape index (κ2) is 2.93. The van der Waals surface area contributed by atoms with Crippen LogP contribution in [0.5, 0.6) is 0 Å². The van der Waals surface area contributed by atoms with Gasteiger partial charge in [0.15, 0.2) is 0 Å². The number of hydrogen-bond donors (Lipinski definition) is 2. The predicted molar refractivity (Wildman–Crippen MR) is 35.5 cm³/mol. The van der Waals surface area contributed by atoms with Crippen LogP contribution in [0.2, 0.25) is 0 Å². The van der Waals surface area contributed by atoms with Crippen molar-refractivity contribution in [3.8, 4) is 0 Å². The molecule has 1 fully saturated rings. The molecule has 1 aliphatic heterocycles. The summed E-state index contributed by atoms with van der Waals surface area (Å²) in [6.07, 6.45) is -4.77. The zero-order valence-electron chi connectivity index (χ0n) is 6.40. The Morgan fingerprint density at radius 3 is 2.42 bits per heavy atom. The van der Waals surface area contributed by atoms with Crippen molar-refractivity contribution in [3.05, 3.63) is 0 Å². The molecule has 0 radical (unpaired) electrons. The normalized spacial score (nSPS) is 29.3. The van der Waals surface area contributed by atoms with Crippen molar-refractivity contribution in [1.82, 2.24) is 10.6 Å². The van der Waals surface area contributed by atoms with Crippen LogP contribution in [0.25, 0.3) is 0 Å². The van der Waals surface area contributed by atoms with Gasteiger partial charge >= 0.3 is 12.1 Å². The van der Waals surface area contributed by atoms with E-state index >= 15 is 0 Å². The maximum atomic E-state index is 11.7. The minimum atomic E-state index is -4.77. The van der Waals surface area contributed by atoms with E-state index in [1.54, 1.807) is 6.92 Å². The zero-order valence-corrected chi connectivity index (χ0v) is 6.40. The maximum absolute atomic E-state index is 11.7. The molecular weight excluding hydrogens is 173 g/mol. The van der Waals surface area contributed by atoms with Crippen molar-refractivity contribution >= 4 is 5.91 Å². The first-order valence-electron chi connectivity index (χ1n) is 3.52. The highest BCUT2D eigenvalue weighted by Gasteiger charge is 2.41. The van der Waals surface area contributed by atoms with Gasteiger partial charge in [-0.25, -0.2) is 0 Å². The number of amides is 1. The second-order valence-electron chi connectivity index (χ2n) is 2.77. The Morgan fingerprint density at radius 2 is 2.17 bits per heavy atom. The van der Waals surface area contributed by atoms with Crippen LogP contribution in [0.15, 0.2) is 0 Å². The summed E-state index contributed by atoms with van der Waals surface area (Å²) >= 11 is 0. The van der Waals surface area contributed by atoms with Crippen LogP contribution >= 0.6 is 0 Å². The Kier molecular flexibility index (Phi) is 2.27. The molecule has 2 atom stereocenters. The Morgan fingerprint density at radius 1 is 1.58 bits per heavy atom. The molecule has 0 spiro atoms. The van der Waals surface area contributed by atoms with E-state index in [1.165, 1.54) is 0 Å². The Hall–Kier alpha value is -0.780. The number of halogens is 3. The van der Waals surface area contributed by atoms with Gasteiger partial charge in [-0.05, 0) is 6.92 Å². The van der Waals surface area contributed by atoms with E-state index in [0.29, 0.717) is 6.54 Å². The largest absolute Gasteiger partial charge is 0.471 e. The molecule has 2 unspecified atom stereocenters. The quantitative estimate of drug-likeness (QED) is 0.600. The van der Waals surface area contributed by atoms with Gasteiger partial charge in [-0.3, -0.25) is 4.79 Å². The predicted octanol–water partition coefficient (Wildman–Crippen LogP) is 0.0252. The molecule has 12 heavy (non-hydrogen) atoms. The number of nitrogens with one attached hydrogen (secondary N) is 2. The lowest BCUT2D eigenvalue weighted by molar-refractivity contribution is -0.175. The molecule has 6 heteroatoms. The van der Waals surface area contributed by atoms with Crippen molar-refractivity contribution in [1.29, 1.82) is 0 Å². The molecule has 1 saturated heterocycles. The molecule has 70 valence electrons. The Labute approximate surface area is 67.3 Å². The number of carbonyl (C=O) groups excluding carboxylic acids is 1. The highest BCUT2D eigenvalue weighted by molar-refractivity contribution is 5.82. The van der Waals surface area contributed by atoms with E-state index in [2.05, 4.69) is 5.32 Å². The van der Waals surface area contributed by atoms with Gasteiger partial charge in [0.05, 0.1) is 6.04 Å². The molecule has 0 aliphatic carbocycles. The molecule has 0 aromatic carbocycles. The van der Waals surface area contributed by atoms with Crippen LogP contribution < -0.4 is 10.6 Å². The standard InChI is InChI=1S/C6H9F3N2O/c1-3-4(2-10-3)11-5(12)6(7,8)9/h3-4,10H,2H2,1H3,(H,11,12). The van der Waals surface area contributed by atoms with Gasteiger partial charge in [0.25, 0.3) is 0 Å². The lowest BCUT2D eigenvalue weighted by Gasteiger charge is -2.35. The van der Waals surface area contributed by atoms with E-state index in [9.17, 15) is 18.0 Å². The van der Waals surface area contributed by atoms with Gasteiger partial charge < -0.3 is 10.6 Å². The van der Waals surface area contributed by atoms with Crippen molar-refractivity contribution in [2.24, 2.45) is 0 Å². The topological polar surface area (TPSA) is 41.1 Å². The van der Waals surface area contributed by atoms with Gasteiger partial charge in [-0.2, -0.15) is 13.2 Å². The monoisotopic (exact) mass is 182 g/mol. The Balaban J connectivity index is 2.36. The molecule has 3 nitrogen and oxygen atoms in total. The molecule has 1 heterocycles. The summed E-state index contributed by atoms with van der Waals surface area (Å²) in [5.41, 5.74) is 0. The van der Waals surface area contributed by atoms with Crippen molar-refractivity contribution in [2.45, 2.75) is 25.2 Å². The lowest BCUT2D eigenvalue weighted by atomic mass is 10.0. The van der Waals surface area contributed by atoms with Gasteiger partial charge in [-0.1, -0.05) is 0 Å². The van der Waals surface area contributed by atoms with Crippen molar-refractivity contribution in [3.63, 3.8) is 0 Å². The van der Waals surface area contributed by atoms with Gasteiger partial charge in [-0.15, -0.1) is 0 Å². The summed E-state index contributed by atoms with van der Waals surface area (Å²) in [5, 5.41) is 4.71. The van der Waals surface area contributed by atoms with E-state index in [0.717, 1.165) is 0 Å².